The summed E-state index contributed by atoms with van der Waals surface area (Å²) in [7, 11) is 0. The number of aliphatic hydroxyl groups is 2. The van der Waals surface area contributed by atoms with Crippen LogP contribution in [-0.4, -0.2) is 79.3 Å². The van der Waals surface area contributed by atoms with Crippen LogP contribution in [0.3, 0.4) is 0 Å². The zero-order chi connectivity index (χ0) is 19.4. The molecule has 1 fully saturated rings. The zero-order valence-corrected chi connectivity index (χ0v) is 12.7. The highest BCUT2D eigenvalue weighted by Crippen LogP contribution is 2.33. The second-order valence-corrected chi connectivity index (χ2v) is 5.43. The Hall–Kier alpha value is -2.73. The Morgan fingerprint density at radius 1 is 0.840 bits per heavy atom. The molecule has 0 aromatic rings. The van der Waals surface area contributed by atoms with Gasteiger partial charge in [-0.15, -0.1) is 0 Å². The number of hydrogen-bond donors (Lipinski definition) is 5. The number of ether oxygens (including phenoxy) is 2. The van der Waals surface area contributed by atoms with E-state index >= 15 is 0 Å². The van der Waals surface area contributed by atoms with Gasteiger partial charge in [-0.1, -0.05) is 0 Å². The van der Waals surface area contributed by atoms with Crippen molar-refractivity contribution in [1.29, 1.82) is 0 Å². The van der Waals surface area contributed by atoms with Gasteiger partial charge >= 0.3 is 29.8 Å². The van der Waals surface area contributed by atoms with Gasteiger partial charge in [-0.3, -0.25) is 19.2 Å². The zero-order valence-electron chi connectivity index (χ0n) is 12.7. The second kappa shape index (κ2) is 7.90. The van der Waals surface area contributed by atoms with Crippen molar-refractivity contribution in [2.45, 2.75) is 49.6 Å². The van der Waals surface area contributed by atoms with Gasteiger partial charge in [-0.25, -0.2) is 4.79 Å². The van der Waals surface area contributed by atoms with Crippen LogP contribution in [-0.2, 0) is 33.4 Å². The number of carbonyl (C=O) groups excluding carboxylic acids is 2. The molecule has 1 aliphatic rings. The van der Waals surface area contributed by atoms with Crippen molar-refractivity contribution in [2.24, 2.45) is 0 Å². The third-order valence-electron chi connectivity index (χ3n) is 3.39. The SMILES string of the molecule is O=C(O)CC(=O)O[C@@H]1CC(O)(C(=O)O)C[C@@H](OC(=O)CC(=O)O)C1O. The van der Waals surface area contributed by atoms with Crippen molar-refractivity contribution in [1.82, 2.24) is 0 Å². The van der Waals surface area contributed by atoms with E-state index in [1.807, 2.05) is 0 Å². The Bertz CT molecular complexity index is 542. The molecule has 0 unspecified atom stereocenters. The Kier molecular flexibility index (Phi) is 6.42. The highest BCUT2D eigenvalue weighted by molar-refractivity contribution is 5.90. The van der Waals surface area contributed by atoms with Gasteiger partial charge in [0.05, 0.1) is 0 Å². The van der Waals surface area contributed by atoms with E-state index in [0.717, 1.165) is 0 Å². The lowest BCUT2D eigenvalue weighted by molar-refractivity contribution is -0.206. The maximum atomic E-state index is 11.4. The van der Waals surface area contributed by atoms with Crippen LogP contribution in [0.25, 0.3) is 0 Å². The van der Waals surface area contributed by atoms with Crippen LogP contribution in [0.4, 0.5) is 0 Å². The van der Waals surface area contributed by atoms with Crippen LogP contribution in [0.1, 0.15) is 25.7 Å². The summed E-state index contributed by atoms with van der Waals surface area (Å²) in [5, 5.41) is 46.2. The number of aliphatic hydroxyl groups excluding tert-OH is 1. The minimum atomic E-state index is -2.54. The molecule has 1 saturated carbocycles. The third kappa shape index (κ3) is 5.69. The monoisotopic (exact) mass is 364 g/mol. The minimum absolute atomic E-state index is 0.776. The van der Waals surface area contributed by atoms with Gasteiger partial charge in [-0.2, -0.15) is 0 Å². The molecule has 0 spiro atoms. The summed E-state index contributed by atoms with van der Waals surface area (Å²) in [6.45, 7) is 0. The van der Waals surface area contributed by atoms with Crippen LogP contribution in [0.5, 0.6) is 0 Å². The van der Waals surface area contributed by atoms with E-state index in [1.54, 1.807) is 0 Å². The van der Waals surface area contributed by atoms with Crippen molar-refractivity contribution in [3.8, 4) is 0 Å². The second-order valence-electron chi connectivity index (χ2n) is 5.43. The lowest BCUT2D eigenvalue weighted by atomic mass is 9.79. The van der Waals surface area contributed by atoms with Gasteiger partial charge in [0.2, 0.25) is 0 Å². The summed E-state index contributed by atoms with van der Waals surface area (Å²) in [5.74, 6) is -7.43. The van der Waals surface area contributed by atoms with Crippen LogP contribution in [0, 0.1) is 0 Å². The molecule has 12 heteroatoms. The van der Waals surface area contributed by atoms with E-state index in [1.165, 1.54) is 0 Å². The van der Waals surface area contributed by atoms with Crippen molar-refractivity contribution >= 4 is 29.8 Å². The first-order chi connectivity index (χ1) is 11.4. The fourth-order valence-corrected chi connectivity index (χ4v) is 2.30. The van der Waals surface area contributed by atoms with Crippen molar-refractivity contribution < 1.29 is 59.0 Å². The summed E-state index contributed by atoms with van der Waals surface area (Å²) < 4.78 is 9.30. The molecule has 0 aromatic carbocycles. The first-order valence-corrected chi connectivity index (χ1v) is 6.91. The molecule has 5 N–H and O–H groups in total. The Labute approximate surface area is 139 Å². The first-order valence-electron chi connectivity index (χ1n) is 6.91. The number of carboxylic acid groups (broad SMARTS) is 3. The van der Waals surface area contributed by atoms with Gasteiger partial charge in [0, 0.05) is 12.8 Å². The number of carbonyl (C=O) groups is 5. The molecule has 0 saturated heterocycles. The van der Waals surface area contributed by atoms with E-state index in [-0.39, 0.29) is 0 Å². The molecule has 0 heterocycles. The summed E-state index contributed by atoms with van der Waals surface area (Å²) >= 11 is 0. The predicted octanol–water partition coefficient (Wildman–Crippen LogP) is -2.27. The quantitative estimate of drug-likeness (QED) is 0.239. The fraction of sp³-hybridized carbons (Fsp3) is 0.615. The minimum Gasteiger partial charge on any atom is -0.481 e. The van der Waals surface area contributed by atoms with E-state index < -0.39 is 79.4 Å². The average molecular weight is 364 g/mol. The van der Waals surface area contributed by atoms with E-state index in [0.29, 0.717) is 0 Å². The van der Waals surface area contributed by atoms with E-state index in [9.17, 15) is 34.2 Å². The highest BCUT2D eigenvalue weighted by Gasteiger charge is 2.52. The third-order valence-corrected chi connectivity index (χ3v) is 3.39. The number of esters is 2. The van der Waals surface area contributed by atoms with E-state index in [4.69, 9.17) is 15.3 Å². The van der Waals surface area contributed by atoms with Crippen LogP contribution < -0.4 is 0 Å². The molecule has 140 valence electrons. The van der Waals surface area contributed by atoms with Crippen molar-refractivity contribution in [2.75, 3.05) is 0 Å². The standard InChI is InChI=1S/C13H16O12/c14-7(15)1-9(18)24-5-3-13(23,12(21)22)4-6(11(5)20)25-10(19)2-8(16)17/h5-6,11,20,23H,1-4H2,(H,14,15)(H,16,17)(H,21,22)/t5-,6-,11?,13?/m1/s1. The lowest BCUT2D eigenvalue weighted by Crippen LogP contribution is -2.58. The lowest BCUT2D eigenvalue weighted by Gasteiger charge is -2.40. The normalized spacial score (nSPS) is 28.6. The summed E-state index contributed by atoms with van der Waals surface area (Å²) in [4.78, 5) is 54.9. The molecule has 0 bridgehead atoms. The van der Waals surface area contributed by atoms with Gasteiger partial charge in [-0.05, 0) is 0 Å². The van der Waals surface area contributed by atoms with Gasteiger partial charge < -0.3 is 35.0 Å². The van der Waals surface area contributed by atoms with Crippen LogP contribution >= 0.6 is 0 Å². The average Bonchev–Trinajstić information content (AvgIpc) is 2.41. The molecule has 0 aliphatic heterocycles. The first kappa shape index (κ1) is 20.3. The smallest absolute Gasteiger partial charge is 0.335 e. The number of aliphatic carboxylic acids is 3. The molecule has 0 radical (unpaired) electrons. The van der Waals surface area contributed by atoms with Gasteiger partial charge in [0.1, 0.15) is 31.2 Å². The fourth-order valence-electron chi connectivity index (χ4n) is 2.30. The molecule has 25 heavy (non-hydrogen) atoms. The highest BCUT2D eigenvalue weighted by atomic mass is 16.6. The molecular formula is C13H16O12. The largest absolute Gasteiger partial charge is 0.481 e. The van der Waals surface area contributed by atoms with Crippen molar-refractivity contribution in [3.63, 3.8) is 0 Å². The van der Waals surface area contributed by atoms with Crippen molar-refractivity contribution in [3.05, 3.63) is 0 Å². The summed E-state index contributed by atoms with van der Waals surface area (Å²) in [5.41, 5.74) is -2.54. The summed E-state index contributed by atoms with van der Waals surface area (Å²) in [6, 6.07) is 0. The molecular weight excluding hydrogens is 348 g/mol. The maximum absolute atomic E-state index is 11.4. The molecule has 1 aliphatic carbocycles. The topological polar surface area (TPSA) is 205 Å². The molecule has 0 aromatic heterocycles. The maximum Gasteiger partial charge on any atom is 0.335 e. The molecule has 2 atom stereocenters. The Balaban J connectivity index is 2.94. The molecule has 0 amide bonds. The van der Waals surface area contributed by atoms with Gasteiger partial charge in [0.15, 0.2) is 5.60 Å². The van der Waals surface area contributed by atoms with Gasteiger partial charge in [0.25, 0.3) is 0 Å². The van der Waals surface area contributed by atoms with E-state index in [2.05, 4.69) is 9.47 Å². The number of rotatable bonds is 7. The molecule has 1 rings (SSSR count). The molecule has 12 nitrogen and oxygen atoms in total. The van der Waals surface area contributed by atoms with Crippen LogP contribution in [0.2, 0.25) is 0 Å². The Morgan fingerprint density at radius 3 is 1.48 bits per heavy atom. The number of hydrogen-bond acceptors (Lipinski definition) is 9. The Morgan fingerprint density at radius 2 is 1.20 bits per heavy atom. The van der Waals surface area contributed by atoms with Crippen LogP contribution in [0.15, 0.2) is 0 Å². The summed E-state index contributed by atoms with van der Waals surface area (Å²) in [6.07, 6.45) is -8.83. The predicted molar refractivity (Wildman–Crippen MR) is 72.1 cm³/mol. The number of carboxylic acids is 3.